The van der Waals surface area contributed by atoms with Gasteiger partial charge in [0.1, 0.15) is 0 Å². The molecule has 3 aromatic rings. The van der Waals surface area contributed by atoms with Crippen LogP contribution in [0.2, 0.25) is 0 Å². The minimum atomic E-state index is 0.191. The van der Waals surface area contributed by atoms with Crippen LogP contribution in [0, 0.1) is 5.41 Å². The smallest absolute Gasteiger partial charge is 0.0835 e. The molecule has 1 heteroatoms. The monoisotopic (exact) mass is 340 g/mol. The van der Waals surface area contributed by atoms with E-state index in [9.17, 15) is 0 Å². The second kappa shape index (κ2) is 6.41. The van der Waals surface area contributed by atoms with E-state index in [4.69, 9.17) is 4.74 Å². The highest BCUT2D eigenvalue weighted by Crippen LogP contribution is 2.53. The third-order valence-electron chi connectivity index (χ3n) is 6.24. The van der Waals surface area contributed by atoms with Crippen molar-refractivity contribution in [3.63, 3.8) is 0 Å². The number of hydrogen-bond donors (Lipinski definition) is 0. The molecule has 1 heterocycles. The van der Waals surface area contributed by atoms with Gasteiger partial charge in [0.2, 0.25) is 0 Å². The molecule has 1 aliphatic carbocycles. The number of ether oxygens (including phenoxy) is 1. The molecule has 26 heavy (non-hydrogen) atoms. The van der Waals surface area contributed by atoms with Gasteiger partial charge in [-0.3, -0.25) is 0 Å². The van der Waals surface area contributed by atoms with Crippen LogP contribution in [-0.4, -0.2) is 6.10 Å². The molecule has 0 spiro atoms. The highest BCUT2D eigenvalue weighted by molar-refractivity contribution is 5.35. The summed E-state index contributed by atoms with van der Waals surface area (Å²) in [4.78, 5) is 0. The van der Waals surface area contributed by atoms with E-state index in [-0.39, 0.29) is 11.5 Å². The van der Waals surface area contributed by atoms with Gasteiger partial charge < -0.3 is 4.74 Å². The molecule has 5 rings (SSSR count). The van der Waals surface area contributed by atoms with Gasteiger partial charge in [-0.2, -0.15) is 0 Å². The van der Waals surface area contributed by atoms with Gasteiger partial charge in [-0.25, -0.2) is 0 Å². The van der Waals surface area contributed by atoms with Crippen molar-refractivity contribution in [1.29, 1.82) is 0 Å². The Morgan fingerprint density at radius 1 is 0.769 bits per heavy atom. The third kappa shape index (κ3) is 2.77. The second-order valence-corrected chi connectivity index (χ2v) is 7.90. The molecule has 0 bridgehead atoms. The van der Waals surface area contributed by atoms with E-state index >= 15 is 0 Å². The first kappa shape index (κ1) is 15.8. The highest BCUT2D eigenvalue weighted by atomic mass is 16.5. The summed E-state index contributed by atoms with van der Waals surface area (Å²) < 4.78 is 6.68. The molecule has 1 fully saturated rings. The lowest BCUT2D eigenvalue weighted by atomic mass is 9.65. The summed E-state index contributed by atoms with van der Waals surface area (Å²) in [6.45, 7) is 0. The van der Waals surface area contributed by atoms with E-state index in [1.165, 1.54) is 22.3 Å². The Balaban J connectivity index is 1.53. The second-order valence-electron chi connectivity index (χ2n) is 7.90. The number of rotatable bonds is 3. The molecular weight excluding hydrogens is 316 g/mol. The number of benzene rings is 3. The lowest BCUT2D eigenvalue weighted by Gasteiger charge is -2.39. The predicted octanol–water partition coefficient (Wildman–Crippen LogP) is 5.54. The van der Waals surface area contributed by atoms with E-state index in [1.54, 1.807) is 0 Å². The van der Waals surface area contributed by atoms with Crippen molar-refractivity contribution in [1.82, 2.24) is 0 Å². The molecule has 1 aliphatic heterocycles. The van der Waals surface area contributed by atoms with Gasteiger partial charge in [-0.05, 0) is 47.9 Å². The third-order valence-corrected chi connectivity index (χ3v) is 6.24. The molecule has 3 atom stereocenters. The molecular formula is C25H24O. The summed E-state index contributed by atoms with van der Waals surface area (Å²) in [5.41, 5.74) is 5.91. The molecule has 0 unspecified atom stereocenters. The summed E-state index contributed by atoms with van der Waals surface area (Å²) in [6, 6.07) is 30.6. The Bertz CT molecular complexity index is 886. The standard InChI is InChI=1S/C25H24O/c1-3-9-19(10-4-1)16-25-17-22-14-8-7-13-21(22)15-24(25)26-23(18-25)20-11-5-2-6-12-20/h1-14,23-24H,15-18H2/t23-,24-,25-/m0/s1. The molecule has 3 aromatic carbocycles. The van der Waals surface area contributed by atoms with E-state index < -0.39 is 0 Å². The van der Waals surface area contributed by atoms with Crippen molar-refractivity contribution in [2.45, 2.75) is 37.9 Å². The average molecular weight is 340 g/mol. The van der Waals surface area contributed by atoms with Gasteiger partial charge in [0.05, 0.1) is 12.2 Å². The van der Waals surface area contributed by atoms with Crippen molar-refractivity contribution >= 4 is 0 Å². The van der Waals surface area contributed by atoms with Crippen LogP contribution < -0.4 is 0 Å². The molecule has 2 aliphatic rings. The summed E-state index contributed by atoms with van der Waals surface area (Å²) in [5, 5.41) is 0. The van der Waals surface area contributed by atoms with Crippen molar-refractivity contribution < 1.29 is 4.74 Å². The van der Waals surface area contributed by atoms with E-state index in [2.05, 4.69) is 84.9 Å². The molecule has 130 valence electrons. The molecule has 1 nitrogen and oxygen atoms in total. The van der Waals surface area contributed by atoms with Gasteiger partial charge in [-0.15, -0.1) is 0 Å². The number of hydrogen-bond acceptors (Lipinski definition) is 1. The topological polar surface area (TPSA) is 9.23 Å². The van der Waals surface area contributed by atoms with Crippen molar-refractivity contribution in [2.75, 3.05) is 0 Å². The maximum absolute atomic E-state index is 6.68. The Hall–Kier alpha value is -2.38. The maximum atomic E-state index is 6.68. The molecule has 0 aromatic heterocycles. The predicted molar refractivity (Wildman–Crippen MR) is 105 cm³/mol. The molecule has 0 saturated carbocycles. The van der Waals surface area contributed by atoms with Crippen LogP contribution >= 0.6 is 0 Å². The first-order chi connectivity index (χ1) is 12.8. The van der Waals surface area contributed by atoms with Gasteiger partial charge in [-0.1, -0.05) is 84.9 Å². The van der Waals surface area contributed by atoms with Gasteiger partial charge in [0.25, 0.3) is 0 Å². The Kier molecular flexibility index (Phi) is 3.90. The average Bonchev–Trinajstić information content (AvgIpc) is 3.05. The normalized spacial score (nSPS) is 26.9. The minimum absolute atomic E-state index is 0.191. The van der Waals surface area contributed by atoms with Crippen LogP contribution in [0.15, 0.2) is 84.9 Å². The van der Waals surface area contributed by atoms with Gasteiger partial charge >= 0.3 is 0 Å². The molecule has 0 N–H and O–H groups in total. The fourth-order valence-electron chi connectivity index (χ4n) is 4.97. The molecule has 0 amide bonds. The van der Waals surface area contributed by atoms with E-state index in [0.717, 1.165) is 25.7 Å². The molecule has 1 saturated heterocycles. The maximum Gasteiger partial charge on any atom is 0.0835 e. The summed E-state index contributed by atoms with van der Waals surface area (Å²) >= 11 is 0. The van der Waals surface area contributed by atoms with Gasteiger partial charge in [0, 0.05) is 5.41 Å². The van der Waals surface area contributed by atoms with Gasteiger partial charge in [0.15, 0.2) is 0 Å². The van der Waals surface area contributed by atoms with Crippen LogP contribution in [-0.2, 0) is 24.0 Å². The first-order valence-corrected chi connectivity index (χ1v) is 9.64. The van der Waals surface area contributed by atoms with Crippen LogP contribution in [0.3, 0.4) is 0 Å². The lowest BCUT2D eigenvalue weighted by Crippen LogP contribution is -2.40. The summed E-state index contributed by atoms with van der Waals surface area (Å²) in [6.07, 6.45) is 4.85. The Morgan fingerprint density at radius 3 is 2.19 bits per heavy atom. The van der Waals surface area contributed by atoms with Crippen molar-refractivity contribution in [2.24, 2.45) is 5.41 Å². The summed E-state index contributed by atoms with van der Waals surface area (Å²) in [5.74, 6) is 0. The van der Waals surface area contributed by atoms with Crippen molar-refractivity contribution in [3.05, 3.63) is 107 Å². The zero-order chi connectivity index (χ0) is 17.4. The Labute approximate surface area is 155 Å². The van der Waals surface area contributed by atoms with Crippen LogP contribution in [0.25, 0.3) is 0 Å². The van der Waals surface area contributed by atoms with Crippen molar-refractivity contribution in [3.8, 4) is 0 Å². The highest BCUT2D eigenvalue weighted by Gasteiger charge is 2.50. The van der Waals surface area contributed by atoms with Crippen LogP contribution in [0.4, 0.5) is 0 Å². The fourth-order valence-corrected chi connectivity index (χ4v) is 4.97. The summed E-state index contributed by atoms with van der Waals surface area (Å²) in [7, 11) is 0. The van der Waals surface area contributed by atoms with E-state index in [0.29, 0.717) is 6.10 Å². The number of fused-ring (bicyclic) bond motifs is 2. The van der Waals surface area contributed by atoms with E-state index in [1.807, 2.05) is 0 Å². The SMILES string of the molecule is c1ccc(C[C@@]23Cc4ccccc4C[C@@H]2O[C@H](c2ccccc2)C3)cc1. The minimum Gasteiger partial charge on any atom is -0.369 e. The van der Waals surface area contributed by atoms with Crippen LogP contribution in [0.5, 0.6) is 0 Å². The molecule has 0 radical (unpaired) electrons. The zero-order valence-corrected chi connectivity index (χ0v) is 15.0. The fraction of sp³-hybridized carbons (Fsp3) is 0.280. The lowest BCUT2D eigenvalue weighted by molar-refractivity contribution is 0.00587. The quantitative estimate of drug-likeness (QED) is 0.608. The largest absolute Gasteiger partial charge is 0.369 e. The zero-order valence-electron chi connectivity index (χ0n) is 15.0. The Morgan fingerprint density at radius 2 is 1.42 bits per heavy atom. The van der Waals surface area contributed by atoms with Crippen LogP contribution in [0.1, 0.15) is 34.8 Å². The first-order valence-electron chi connectivity index (χ1n) is 9.64.